The summed E-state index contributed by atoms with van der Waals surface area (Å²) >= 11 is 0. The minimum atomic E-state index is -0.674. The van der Waals surface area contributed by atoms with Gasteiger partial charge in [-0.1, -0.05) is 27.7 Å². The number of rotatable bonds is 2. The Morgan fingerprint density at radius 2 is 1.65 bits per heavy atom. The fraction of sp³-hybridized carbons (Fsp3) is 1.00. The summed E-state index contributed by atoms with van der Waals surface area (Å²) in [6.07, 6.45) is 6.56. The lowest BCUT2D eigenvalue weighted by Gasteiger charge is -2.58. The summed E-state index contributed by atoms with van der Waals surface area (Å²) in [5.41, 5.74) is 5.65. The maximum absolute atomic E-state index is 11.7. The zero-order valence-corrected chi connectivity index (χ0v) is 13.5. The van der Waals surface area contributed by atoms with Crippen LogP contribution in [-0.4, -0.2) is 29.5 Å². The molecular weight excluding hydrogens is 250 g/mol. The predicted molar refractivity (Wildman–Crippen MR) is 80.4 cm³/mol. The molecule has 0 aromatic carbocycles. The van der Waals surface area contributed by atoms with Crippen molar-refractivity contribution in [1.29, 1.82) is 0 Å². The zero-order chi connectivity index (χ0) is 14.8. The molecule has 0 radical (unpaired) electrons. The molecule has 3 unspecified atom stereocenters. The van der Waals surface area contributed by atoms with Gasteiger partial charge in [0.2, 0.25) is 0 Å². The molecule has 0 amide bonds. The van der Waals surface area contributed by atoms with Crippen molar-refractivity contribution in [2.45, 2.75) is 84.0 Å². The topological polar surface area (TPSA) is 55.5 Å². The Morgan fingerprint density at radius 3 is 2.05 bits per heavy atom. The Labute approximate surface area is 123 Å². The van der Waals surface area contributed by atoms with Gasteiger partial charge in [-0.2, -0.15) is 0 Å². The Morgan fingerprint density at radius 1 is 1.05 bits per heavy atom. The summed E-state index contributed by atoms with van der Waals surface area (Å²) in [5, 5.41) is 11.7. The summed E-state index contributed by atoms with van der Waals surface area (Å²) in [6.45, 7) is 9.71. The molecule has 2 bridgehead atoms. The Kier molecular flexibility index (Phi) is 3.11. The van der Waals surface area contributed by atoms with Gasteiger partial charge < -0.3 is 15.6 Å². The number of aliphatic hydroxyl groups is 1. The largest absolute Gasteiger partial charge is 0.389 e. The van der Waals surface area contributed by atoms with Crippen LogP contribution in [0.15, 0.2) is 0 Å². The van der Waals surface area contributed by atoms with Gasteiger partial charge in [0, 0.05) is 12.0 Å². The number of hydrogen-bond acceptors (Lipinski definition) is 3. The van der Waals surface area contributed by atoms with Crippen LogP contribution in [0.2, 0.25) is 0 Å². The van der Waals surface area contributed by atoms with Crippen LogP contribution in [0.4, 0.5) is 0 Å². The first-order chi connectivity index (χ1) is 9.12. The number of nitrogens with two attached hydrogens (primary N) is 1. The average molecular weight is 281 g/mol. The second-order valence-corrected chi connectivity index (χ2v) is 9.28. The van der Waals surface area contributed by atoms with E-state index < -0.39 is 5.60 Å². The van der Waals surface area contributed by atoms with Crippen molar-refractivity contribution in [3.05, 3.63) is 0 Å². The van der Waals surface area contributed by atoms with Crippen LogP contribution in [0.5, 0.6) is 0 Å². The molecule has 2 aliphatic heterocycles. The van der Waals surface area contributed by atoms with Gasteiger partial charge in [0.1, 0.15) is 0 Å². The van der Waals surface area contributed by atoms with Gasteiger partial charge in [-0.25, -0.2) is 0 Å². The summed E-state index contributed by atoms with van der Waals surface area (Å²) in [6, 6.07) is 0. The molecule has 3 nitrogen and oxygen atoms in total. The van der Waals surface area contributed by atoms with E-state index in [4.69, 9.17) is 10.5 Å². The first-order valence-corrected chi connectivity index (χ1v) is 8.20. The lowest BCUT2D eigenvalue weighted by Crippen LogP contribution is -2.62. The van der Waals surface area contributed by atoms with Gasteiger partial charge in [0.05, 0.1) is 17.8 Å². The highest BCUT2D eigenvalue weighted by Crippen LogP contribution is 2.62. The van der Waals surface area contributed by atoms with E-state index in [0.29, 0.717) is 12.6 Å². The molecule has 3 atom stereocenters. The maximum Gasteiger partial charge on any atom is 0.0751 e. The van der Waals surface area contributed by atoms with Crippen molar-refractivity contribution in [2.75, 3.05) is 6.54 Å². The van der Waals surface area contributed by atoms with Crippen LogP contribution < -0.4 is 5.73 Å². The van der Waals surface area contributed by atoms with Gasteiger partial charge in [0.25, 0.3) is 0 Å². The SMILES string of the molecule is CC1(C)CC(C)(C)CC(O)(C2(CN)CC3CCC2O3)C1. The van der Waals surface area contributed by atoms with E-state index in [0.717, 1.165) is 38.5 Å². The quantitative estimate of drug-likeness (QED) is 0.818. The van der Waals surface area contributed by atoms with E-state index in [-0.39, 0.29) is 22.3 Å². The van der Waals surface area contributed by atoms with E-state index in [9.17, 15) is 5.11 Å². The molecule has 0 aromatic heterocycles. The van der Waals surface area contributed by atoms with Crippen molar-refractivity contribution in [3.8, 4) is 0 Å². The second-order valence-electron chi connectivity index (χ2n) is 9.28. The lowest BCUT2D eigenvalue weighted by molar-refractivity contribution is -0.178. The van der Waals surface area contributed by atoms with Crippen molar-refractivity contribution in [2.24, 2.45) is 22.0 Å². The van der Waals surface area contributed by atoms with E-state index in [1.54, 1.807) is 0 Å². The molecule has 0 spiro atoms. The summed E-state index contributed by atoms with van der Waals surface area (Å²) in [4.78, 5) is 0. The Hall–Kier alpha value is -0.120. The molecule has 3 heteroatoms. The second kappa shape index (κ2) is 4.21. The minimum Gasteiger partial charge on any atom is -0.389 e. The monoisotopic (exact) mass is 281 g/mol. The van der Waals surface area contributed by atoms with Crippen molar-refractivity contribution >= 4 is 0 Å². The molecule has 20 heavy (non-hydrogen) atoms. The molecule has 116 valence electrons. The van der Waals surface area contributed by atoms with Crippen LogP contribution in [-0.2, 0) is 4.74 Å². The molecular formula is C17H31NO2. The van der Waals surface area contributed by atoms with E-state index in [1.165, 1.54) is 0 Å². The number of fused-ring (bicyclic) bond motifs is 2. The molecule has 3 N–H and O–H groups in total. The average Bonchev–Trinajstić information content (AvgIpc) is 2.83. The third-order valence-electron chi connectivity index (χ3n) is 6.11. The standard InChI is InChI=1S/C17H31NO2/c1-14(2)8-15(3,4)10-17(19,9-14)16(11-18)7-12-5-6-13(16)20-12/h12-13,19H,5-11,18H2,1-4H3. The smallest absolute Gasteiger partial charge is 0.0751 e. The summed E-state index contributed by atoms with van der Waals surface area (Å²) in [7, 11) is 0. The van der Waals surface area contributed by atoms with Crippen LogP contribution in [0.25, 0.3) is 0 Å². The first kappa shape index (κ1) is 14.8. The normalized spacial score (nSPS) is 44.7. The van der Waals surface area contributed by atoms with Crippen molar-refractivity contribution in [1.82, 2.24) is 0 Å². The van der Waals surface area contributed by atoms with Gasteiger partial charge in [0.15, 0.2) is 0 Å². The highest BCUT2D eigenvalue weighted by molar-refractivity contribution is 5.15. The van der Waals surface area contributed by atoms with Crippen LogP contribution in [0.1, 0.15) is 66.2 Å². The number of ether oxygens (including phenoxy) is 1. The van der Waals surface area contributed by atoms with Crippen LogP contribution in [0, 0.1) is 16.2 Å². The highest BCUT2D eigenvalue weighted by atomic mass is 16.5. The third-order valence-corrected chi connectivity index (χ3v) is 6.11. The lowest BCUT2D eigenvalue weighted by atomic mass is 9.50. The summed E-state index contributed by atoms with van der Waals surface area (Å²) in [5.74, 6) is 0. The van der Waals surface area contributed by atoms with E-state index in [2.05, 4.69) is 27.7 Å². The molecule has 1 aliphatic carbocycles. The first-order valence-electron chi connectivity index (χ1n) is 8.20. The van der Waals surface area contributed by atoms with Crippen LogP contribution >= 0.6 is 0 Å². The van der Waals surface area contributed by atoms with Gasteiger partial charge in [-0.05, 0) is 49.4 Å². The molecule has 2 heterocycles. The van der Waals surface area contributed by atoms with Crippen molar-refractivity contribution < 1.29 is 9.84 Å². The molecule has 1 saturated carbocycles. The van der Waals surface area contributed by atoms with E-state index in [1.807, 2.05) is 0 Å². The van der Waals surface area contributed by atoms with E-state index >= 15 is 0 Å². The number of hydrogen-bond donors (Lipinski definition) is 2. The molecule has 3 aliphatic rings. The van der Waals surface area contributed by atoms with Gasteiger partial charge >= 0.3 is 0 Å². The van der Waals surface area contributed by atoms with Gasteiger partial charge in [-0.15, -0.1) is 0 Å². The molecule has 3 fully saturated rings. The highest BCUT2D eigenvalue weighted by Gasteiger charge is 2.65. The fourth-order valence-corrected chi connectivity index (χ4v) is 6.11. The molecule has 3 rings (SSSR count). The zero-order valence-electron chi connectivity index (χ0n) is 13.5. The third kappa shape index (κ3) is 2.05. The predicted octanol–water partition coefficient (Wildman–Crippen LogP) is 2.85. The minimum absolute atomic E-state index is 0.167. The Balaban J connectivity index is 1.98. The van der Waals surface area contributed by atoms with Gasteiger partial charge in [-0.3, -0.25) is 0 Å². The maximum atomic E-state index is 11.7. The summed E-state index contributed by atoms with van der Waals surface area (Å²) < 4.78 is 6.09. The van der Waals surface area contributed by atoms with Crippen molar-refractivity contribution in [3.63, 3.8) is 0 Å². The Bertz CT molecular complexity index is 388. The molecule has 0 aromatic rings. The fourth-order valence-electron chi connectivity index (χ4n) is 6.11. The van der Waals surface area contributed by atoms with Crippen LogP contribution in [0.3, 0.4) is 0 Å². The molecule has 2 saturated heterocycles.